The van der Waals surface area contributed by atoms with Gasteiger partial charge in [0.2, 0.25) is 0 Å². The summed E-state index contributed by atoms with van der Waals surface area (Å²) in [7, 11) is 0. The molecule has 2 aliphatic heterocycles. The van der Waals surface area contributed by atoms with Gasteiger partial charge in [0.1, 0.15) is 6.61 Å². The van der Waals surface area contributed by atoms with Crippen LogP contribution in [0.2, 0.25) is 0 Å². The molecule has 2 fully saturated rings. The van der Waals surface area contributed by atoms with E-state index in [1.807, 2.05) is 46.1 Å². The summed E-state index contributed by atoms with van der Waals surface area (Å²) in [6, 6.07) is 9.49. The van der Waals surface area contributed by atoms with Crippen LogP contribution in [0.5, 0.6) is 0 Å². The van der Waals surface area contributed by atoms with E-state index < -0.39 is 11.8 Å². The molecule has 2 aliphatic rings. The maximum atomic E-state index is 12.8. The molecular formula is C18H19N3O4. The number of hydrogen-bond donors (Lipinski definition) is 0. The Bertz CT molecular complexity index is 779. The maximum Gasteiger partial charge on any atom is 0.509 e. The molecule has 1 aromatic heterocycles. The van der Waals surface area contributed by atoms with Crippen molar-refractivity contribution in [3.63, 3.8) is 0 Å². The van der Waals surface area contributed by atoms with Gasteiger partial charge in [0.25, 0.3) is 5.91 Å². The van der Waals surface area contributed by atoms with Crippen molar-refractivity contribution in [3.8, 4) is 0 Å². The minimum atomic E-state index is -0.605. The molecule has 3 heterocycles. The lowest BCUT2D eigenvalue weighted by Gasteiger charge is -2.36. The molecular weight excluding hydrogens is 322 g/mol. The fraction of sp³-hybridized carbons (Fsp3) is 0.389. The largest absolute Gasteiger partial charge is 0.509 e. The van der Waals surface area contributed by atoms with E-state index in [9.17, 15) is 9.59 Å². The highest BCUT2D eigenvalue weighted by Gasteiger charge is 2.45. The lowest BCUT2D eigenvalue weighted by molar-refractivity contribution is 0.00281. The molecule has 25 heavy (non-hydrogen) atoms. The van der Waals surface area contributed by atoms with Crippen LogP contribution < -0.4 is 0 Å². The van der Waals surface area contributed by atoms with Crippen LogP contribution in [0.1, 0.15) is 28.8 Å². The molecule has 0 atom stereocenters. The van der Waals surface area contributed by atoms with E-state index in [1.54, 1.807) is 6.20 Å². The minimum absolute atomic E-state index is 0.00223. The summed E-state index contributed by atoms with van der Waals surface area (Å²) in [5.74, 6) is 0.00223. The van der Waals surface area contributed by atoms with Gasteiger partial charge >= 0.3 is 6.16 Å². The smallest absolute Gasteiger partial charge is 0.430 e. The van der Waals surface area contributed by atoms with Gasteiger partial charge in [-0.15, -0.1) is 0 Å². The first-order chi connectivity index (χ1) is 12.1. The Labute approximate surface area is 145 Å². The number of aromatic nitrogens is 2. The van der Waals surface area contributed by atoms with Crippen LogP contribution in [0.15, 0.2) is 42.7 Å². The molecule has 0 aliphatic carbocycles. The van der Waals surface area contributed by atoms with Gasteiger partial charge in [-0.1, -0.05) is 12.1 Å². The highest BCUT2D eigenvalue weighted by molar-refractivity contribution is 5.94. The van der Waals surface area contributed by atoms with Crippen LogP contribution in [0.25, 0.3) is 0 Å². The van der Waals surface area contributed by atoms with Crippen molar-refractivity contribution in [3.05, 3.63) is 53.9 Å². The molecule has 0 N–H and O–H groups in total. The Hall–Kier alpha value is -2.83. The number of piperidine rings is 1. The number of hydrogen-bond acceptors (Lipinski definition) is 5. The van der Waals surface area contributed by atoms with Gasteiger partial charge in [0, 0.05) is 43.9 Å². The lowest BCUT2D eigenvalue weighted by atomic mass is 9.92. The zero-order chi connectivity index (χ0) is 17.3. The van der Waals surface area contributed by atoms with Crippen LogP contribution in [0, 0.1) is 0 Å². The summed E-state index contributed by atoms with van der Waals surface area (Å²) >= 11 is 0. The molecule has 0 radical (unpaired) electrons. The van der Waals surface area contributed by atoms with Crippen molar-refractivity contribution in [2.24, 2.45) is 0 Å². The third kappa shape index (κ3) is 3.22. The monoisotopic (exact) mass is 341 g/mol. The van der Waals surface area contributed by atoms with Crippen LogP contribution in [-0.2, 0) is 16.0 Å². The quantitative estimate of drug-likeness (QED) is 0.799. The maximum absolute atomic E-state index is 12.8. The first kappa shape index (κ1) is 15.7. The summed E-state index contributed by atoms with van der Waals surface area (Å²) in [5.41, 5.74) is 1.15. The molecule has 0 bridgehead atoms. The van der Waals surface area contributed by atoms with E-state index in [2.05, 4.69) is 5.10 Å². The van der Waals surface area contributed by atoms with Crippen LogP contribution in [0.3, 0.4) is 0 Å². The van der Waals surface area contributed by atoms with Crippen molar-refractivity contribution in [2.75, 3.05) is 19.7 Å². The number of amides is 1. The predicted molar refractivity (Wildman–Crippen MR) is 88.1 cm³/mol. The Morgan fingerprint density at radius 3 is 2.76 bits per heavy atom. The highest BCUT2D eigenvalue weighted by Crippen LogP contribution is 2.32. The van der Waals surface area contributed by atoms with E-state index >= 15 is 0 Å². The molecule has 7 heteroatoms. The summed E-state index contributed by atoms with van der Waals surface area (Å²) in [6.45, 7) is 2.02. The number of ether oxygens (including phenoxy) is 2. The predicted octanol–water partition coefficient (Wildman–Crippen LogP) is 2.07. The van der Waals surface area contributed by atoms with Crippen molar-refractivity contribution >= 4 is 12.1 Å². The number of benzene rings is 1. The van der Waals surface area contributed by atoms with E-state index in [4.69, 9.17) is 9.47 Å². The third-order valence-corrected chi connectivity index (χ3v) is 4.79. The molecule has 0 saturated carbocycles. The molecule has 2 saturated heterocycles. The van der Waals surface area contributed by atoms with Gasteiger partial charge in [-0.25, -0.2) is 4.79 Å². The van der Waals surface area contributed by atoms with Crippen molar-refractivity contribution < 1.29 is 19.1 Å². The average Bonchev–Trinajstić information content (AvgIpc) is 3.26. The third-order valence-electron chi connectivity index (χ3n) is 4.79. The Balaban J connectivity index is 1.42. The number of likely N-dealkylation sites (tertiary alicyclic amines) is 1. The van der Waals surface area contributed by atoms with Gasteiger partial charge in [-0.3, -0.25) is 9.48 Å². The minimum Gasteiger partial charge on any atom is -0.430 e. The zero-order valence-corrected chi connectivity index (χ0v) is 13.8. The second-order valence-electron chi connectivity index (χ2n) is 6.52. The van der Waals surface area contributed by atoms with E-state index in [1.165, 1.54) is 0 Å². The number of nitrogens with zero attached hydrogens (tertiary/aromatic N) is 3. The van der Waals surface area contributed by atoms with Crippen LogP contribution >= 0.6 is 0 Å². The molecule has 2 aromatic rings. The van der Waals surface area contributed by atoms with Gasteiger partial charge in [-0.2, -0.15) is 5.10 Å². The average molecular weight is 341 g/mol. The molecule has 1 amide bonds. The summed E-state index contributed by atoms with van der Waals surface area (Å²) in [6.07, 6.45) is 4.24. The summed E-state index contributed by atoms with van der Waals surface area (Å²) in [5, 5.41) is 4.19. The number of rotatable bonds is 3. The van der Waals surface area contributed by atoms with Gasteiger partial charge in [0.15, 0.2) is 5.60 Å². The van der Waals surface area contributed by atoms with Crippen LogP contribution in [0.4, 0.5) is 4.79 Å². The van der Waals surface area contributed by atoms with Gasteiger partial charge in [0.05, 0.1) is 6.54 Å². The molecule has 4 rings (SSSR count). The topological polar surface area (TPSA) is 73.7 Å². The Morgan fingerprint density at radius 2 is 2.08 bits per heavy atom. The lowest BCUT2D eigenvalue weighted by Crippen LogP contribution is -2.48. The van der Waals surface area contributed by atoms with Gasteiger partial charge < -0.3 is 14.4 Å². The Kier molecular flexibility index (Phi) is 3.91. The second kappa shape index (κ2) is 6.23. The highest BCUT2D eigenvalue weighted by atomic mass is 16.8. The van der Waals surface area contributed by atoms with E-state index in [0.717, 1.165) is 5.56 Å². The van der Waals surface area contributed by atoms with Crippen molar-refractivity contribution in [2.45, 2.75) is 25.0 Å². The number of cyclic esters (lactones) is 1. The normalized spacial score (nSPS) is 18.9. The summed E-state index contributed by atoms with van der Waals surface area (Å²) in [4.78, 5) is 25.8. The standard InChI is InChI=1S/C18H19N3O4/c22-16(20-9-5-18(6-10-20)13-24-17(23)25-18)15-4-1-3-14(11-15)12-21-8-2-7-19-21/h1-4,7-8,11H,5-6,9-10,12-13H2. The summed E-state index contributed by atoms with van der Waals surface area (Å²) < 4.78 is 12.0. The van der Waals surface area contributed by atoms with Crippen molar-refractivity contribution in [1.29, 1.82) is 0 Å². The number of carbonyl (C=O) groups is 2. The Morgan fingerprint density at radius 1 is 1.24 bits per heavy atom. The molecule has 0 unspecified atom stereocenters. The fourth-order valence-corrected chi connectivity index (χ4v) is 3.36. The molecule has 1 aromatic carbocycles. The SMILES string of the molecule is O=C1OCC2(CCN(C(=O)c3cccc(Cn4cccn4)c3)CC2)O1. The molecule has 130 valence electrons. The van der Waals surface area contributed by atoms with E-state index in [0.29, 0.717) is 38.0 Å². The van der Waals surface area contributed by atoms with Crippen molar-refractivity contribution in [1.82, 2.24) is 14.7 Å². The fourth-order valence-electron chi connectivity index (χ4n) is 3.36. The molecule has 7 nitrogen and oxygen atoms in total. The number of carbonyl (C=O) groups excluding carboxylic acids is 2. The van der Waals surface area contributed by atoms with E-state index in [-0.39, 0.29) is 12.5 Å². The molecule has 1 spiro atoms. The second-order valence-corrected chi connectivity index (χ2v) is 6.52. The van der Waals surface area contributed by atoms with Gasteiger partial charge in [-0.05, 0) is 23.8 Å². The zero-order valence-electron chi connectivity index (χ0n) is 13.8. The van der Waals surface area contributed by atoms with Crippen LogP contribution in [-0.4, -0.2) is 52.0 Å². The first-order valence-corrected chi connectivity index (χ1v) is 8.35. The first-order valence-electron chi connectivity index (χ1n) is 8.35.